The molecule has 0 bridgehead atoms. The van der Waals surface area contributed by atoms with Crippen LogP contribution in [0.25, 0.3) is 0 Å². The fraction of sp³-hybridized carbons (Fsp3) is 0.424. The van der Waals surface area contributed by atoms with Crippen molar-refractivity contribution >= 4 is 14.2 Å². The first-order valence-corrected chi connectivity index (χ1v) is 17.2. The highest BCUT2D eigenvalue weighted by molar-refractivity contribution is 6.74. The second-order valence-corrected chi connectivity index (χ2v) is 17.2. The maximum absolute atomic E-state index is 13.4. The number of benzene rings is 3. The molecule has 3 rings (SSSR count). The second-order valence-electron chi connectivity index (χ2n) is 12.4. The molecule has 0 aliphatic rings. The lowest BCUT2D eigenvalue weighted by Gasteiger charge is -2.40. The quantitative estimate of drug-likeness (QED) is 0.173. The third-order valence-electron chi connectivity index (χ3n) is 7.91. The molecule has 228 valence electrons. The van der Waals surface area contributed by atoms with Crippen molar-refractivity contribution in [1.82, 2.24) is 10.6 Å². The van der Waals surface area contributed by atoms with E-state index >= 15 is 0 Å². The predicted molar refractivity (Wildman–Crippen MR) is 165 cm³/mol. The molecule has 3 aromatic carbocycles. The minimum Gasteiger partial charge on any atom is -0.508 e. The van der Waals surface area contributed by atoms with Gasteiger partial charge in [0, 0.05) is 24.7 Å². The summed E-state index contributed by atoms with van der Waals surface area (Å²) in [6, 6.07) is 16.8. The Balaban J connectivity index is 1.62. The van der Waals surface area contributed by atoms with Crippen LogP contribution < -0.4 is 10.6 Å². The van der Waals surface area contributed by atoms with Crippen molar-refractivity contribution in [3.63, 3.8) is 0 Å². The summed E-state index contributed by atoms with van der Waals surface area (Å²) in [6.45, 7) is 13.5. The topological polar surface area (TPSA) is 90.8 Å². The minimum absolute atomic E-state index is 0.00946. The van der Waals surface area contributed by atoms with E-state index in [4.69, 9.17) is 4.43 Å². The number of aliphatic hydroxyl groups is 1. The number of aromatic hydroxyl groups is 1. The van der Waals surface area contributed by atoms with Crippen molar-refractivity contribution in [2.45, 2.75) is 84.0 Å². The lowest BCUT2D eigenvalue weighted by Crippen LogP contribution is -2.44. The molecule has 42 heavy (non-hydrogen) atoms. The summed E-state index contributed by atoms with van der Waals surface area (Å²) in [5.41, 5.74) is 3.80. The summed E-state index contributed by atoms with van der Waals surface area (Å²) in [5, 5.41) is 26.1. The van der Waals surface area contributed by atoms with E-state index in [1.54, 1.807) is 12.1 Å². The Bertz CT molecular complexity index is 1360. The largest absolute Gasteiger partial charge is 0.508 e. The van der Waals surface area contributed by atoms with Gasteiger partial charge in [-0.3, -0.25) is 4.79 Å². The second kappa shape index (κ2) is 14.4. The number of hydrogen-bond donors (Lipinski definition) is 4. The van der Waals surface area contributed by atoms with Gasteiger partial charge < -0.3 is 25.3 Å². The van der Waals surface area contributed by atoms with Gasteiger partial charge in [-0.15, -0.1) is 0 Å². The van der Waals surface area contributed by atoms with Crippen LogP contribution >= 0.6 is 0 Å². The number of nitrogens with one attached hydrogen (secondary N) is 2. The zero-order chi connectivity index (χ0) is 31.1. The average molecular weight is 599 g/mol. The van der Waals surface area contributed by atoms with Gasteiger partial charge in [-0.2, -0.15) is 0 Å². The van der Waals surface area contributed by atoms with Gasteiger partial charge in [0.15, 0.2) is 20.0 Å². The molecule has 6 nitrogen and oxygen atoms in total. The van der Waals surface area contributed by atoms with E-state index < -0.39 is 20.0 Å². The van der Waals surface area contributed by atoms with Gasteiger partial charge >= 0.3 is 0 Å². The SMILES string of the molecule is C[C@H](Cc1cccc(CC(=O)NCc2ccc(F)c(F)c2)c1)NC[C@@H](O[Si](C)(C)C(C)(C)C)c1ccc(O)c(CO)c1. The summed E-state index contributed by atoms with van der Waals surface area (Å²) < 4.78 is 33.4. The van der Waals surface area contributed by atoms with Crippen LogP contribution in [0.1, 0.15) is 61.6 Å². The molecule has 2 atom stereocenters. The molecule has 9 heteroatoms. The van der Waals surface area contributed by atoms with Crippen LogP contribution in [0.4, 0.5) is 8.78 Å². The van der Waals surface area contributed by atoms with Crippen LogP contribution in [0.3, 0.4) is 0 Å². The van der Waals surface area contributed by atoms with Gasteiger partial charge in [-0.05, 0) is 78.0 Å². The van der Waals surface area contributed by atoms with Gasteiger partial charge in [-0.25, -0.2) is 8.78 Å². The fourth-order valence-electron chi connectivity index (χ4n) is 4.39. The fourth-order valence-corrected chi connectivity index (χ4v) is 5.68. The van der Waals surface area contributed by atoms with E-state index in [9.17, 15) is 23.8 Å². The lowest BCUT2D eigenvalue weighted by atomic mass is 10.0. The van der Waals surface area contributed by atoms with Crippen molar-refractivity contribution in [2.75, 3.05) is 6.54 Å². The van der Waals surface area contributed by atoms with Crippen molar-refractivity contribution in [2.24, 2.45) is 0 Å². The standard InChI is InChI=1S/C33H44F2N2O4Si/c1-22(36-20-31(41-42(5,6)33(2,3)4)26-11-13-30(39)27(18-26)21-38)14-23-8-7-9-24(15-23)17-32(40)37-19-25-10-12-28(34)29(35)16-25/h7-13,15-16,18,22,31,36,38-39H,14,17,19-21H2,1-6H3,(H,37,40)/t22-,31-/m1/s1. The van der Waals surface area contributed by atoms with Gasteiger partial charge in [0.05, 0.1) is 19.1 Å². The average Bonchev–Trinajstić information content (AvgIpc) is 2.91. The van der Waals surface area contributed by atoms with E-state index in [-0.39, 0.29) is 48.4 Å². The molecule has 0 saturated carbocycles. The summed E-state index contributed by atoms with van der Waals surface area (Å²) in [7, 11) is -2.13. The molecule has 0 heterocycles. The van der Waals surface area contributed by atoms with Gasteiger partial charge in [0.2, 0.25) is 5.91 Å². The molecule has 0 fully saturated rings. The first kappa shape index (κ1) is 33.4. The van der Waals surface area contributed by atoms with Gasteiger partial charge in [0.25, 0.3) is 0 Å². The van der Waals surface area contributed by atoms with E-state index in [0.29, 0.717) is 17.7 Å². The van der Waals surface area contributed by atoms with E-state index in [1.807, 2.05) is 30.3 Å². The van der Waals surface area contributed by atoms with E-state index in [1.165, 1.54) is 6.07 Å². The van der Waals surface area contributed by atoms with E-state index in [0.717, 1.165) is 35.2 Å². The number of halogens is 2. The van der Waals surface area contributed by atoms with Crippen LogP contribution in [-0.4, -0.2) is 37.0 Å². The summed E-state index contributed by atoms with van der Waals surface area (Å²) in [5.74, 6) is -2.00. The lowest BCUT2D eigenvalue weighted by molar-refractivity contribution is -0.120. The molecule has 4 N–H and O–H groups in total. The van der Waals surface area contributed by atoms with Crippen LogP contribution in [0, 0.1) is 11.6 Å². The first-order chi connectivity index (χ1) is 19.7. The maximum Gasteiger partial charge on any atom is 0.224 e. The highest BCUT2D eigenvalue weighted by Gasteiger charge is 2.39. The Morgan fingerprint density at radius 1 is 0.976 bits per heavy atom. The van der Waals surface area contributed by atoms with Crippen molar-refractivity contribution < 1.29 is 28.2 Å². The number of carbonyl (C=O) groups excluding carboxylic acids is 1. The molecule has 0 aromatic heterocycles. The van der Waals surface area contributed by atoms with Gasteiger partial charge in [0.1, 0.15) is 5.75 Å². The summed E-state index contributed by atoms with van der Waals surface area (Å²) >= 11 is 0. The van der Waals surface area contributed by atoms with Crippen LogP contribution in [0.5, 0.6) is 5.75 Å². The number of hydrogen-bond acceptors (Lipinski definition) is 5. The molecule has 1 amide bonds. The Kier molecular flexibility index (Phi) is 11.4. The third-order valence-corrected chi connectivity index (χ3v) is 12.4. The molecule has 0 radical (unpaired) electrons. The predicted octanol–water partition coefficient (Wildman–Crippen LogP) is 6.31. The Labute approximate surface area is 249 Å². The highest BCUT2D eigenvalue weighted by Crippen LogP contribution is 2.40. The molecular formula is C33H44F2N2O4Si. The maximum atomic E-state index is 13.4. The number of carbonyl (C=O) groups is 1. The Hall–Kier alpha value is -3.11. The molecule has 0 aliphatic heterocycles. The van der Waals surface area contributed by atoms with Gasteiger partial charge in [-0.1, -0.05) is 57.2 Å². The molecular weight excluding hydrogens is 554 g/mol. The Morgan fingerprint density at radius 3 is 2.36 bits per heavy atom. The summed E-state index contributed by atoms with van der Waals surface area (Å²) in [6.07, 6.45) is 0.647. The van der Waals surface area contributed by atoms with Crippen LogP contribution in [-0.2, 0) is 35.2 Å². The molecule has 3 aromatic rings. The van der Waals surface area contributed by atoms with E-state index in [2.05, 4.69) is 51.4 Å². The normalized spacial score (nSPS) is 13.5. The van der Waals surface area contributed by atoms with Crippen molar-refractivity contribution in [1.29, 1.82) is 0 Å². The zero-order valence-corrected chi connectivity index (χ0v) is 26.4. The number of phenols is 1. The number of amides is 1. The summed E-state index contributed by atoms with van der Waals surface area (Å²) in [4.78, 5) is 12.5. The van der Waals surface area contributed by atoms with Crippen molar-refractivity contribution in [3.05, 3.63) is 100 Å². The molecule has 0 aliphatic carbocycles. The number of aliphatic hydroxyl groups excluding tert-OH is 1. The minimum atomic E-state index is -2.13. The molecule has 0 spiro atoms. The third kappa shape index (κ3) is 9.45. The van der Waals surface area contributed by atoms with Crippen molar-refractivity contribution in [3.8, 4) is 5.75 Å². The number of rotatable bonds is 13. The zero-order valence-electron chi connectivity index (χ0n) is 25.4. The first-order valence-electron chi connectivity index (χ1n) is 14.3. The van der Waals surface area contributed by atoms with Crippen LogP contribution in [0.2, 0.25) is 18.1 Å². The Morgan fingerprint density at radius 2 is 1.69 bits per heavy atom. The molecule has 0 saturated heterocycles. The molecule has 0 unspecified atom stereocenters. The van der Waals surface area contributed by atoms with Crippen LogP contribution in [0.15, 0.2) is 60.7 Å². The smallest absolute Gasteiger partial charge is 0.224 e. The highest BCUT2D eigenvalue weighted by atomic mass is 28.4. The monoisotopic (exact) mass is 598 g/mol.